The van der Waals surface area contributed by atoms with Crippen LogP contribution >= 0.6 is 0 Å². The molecule has 1 heteroatoms. The number of rotatable bonds is 1. The van der Waals surface area contributed by atoms with Gasteiger partial charge in [0.05, 0.1) is 0 Å². The number of allylic oxidation sites excluding steroid dienone is 3. The van der Waals surface area contributed by atoms with Gasteiger partial charge in [0.1, 0.15) is 0 Å². The van der Waals surface area contributed by atoms with Crippen molar-refractivity contribution in [3.63, 3.8) is 0 Å². The zero-order chi connectivity index (χ0) is 12.8. The Morgan fingerprint density at radius 2 is 1.84 bits per heavy atom. The summed E-state index contributed by atoms with van der Waals surface area (Å²) in [7, 11) is 0. The van der Waals surface area contributed by atoms with Crippen molar-refractivity contribution in [3.8, 4) is 11.1 Å². The number of hydrogen-bond acceptors (Lipinski definition) is 0. The van der Waals surface area contributed by atoms with Crippen molar-refractivity contribution in [3.05, 3.63) is 84.5 Å². The number of hydrogen-bond donors (Lipinski definition) is 0. The van der Waals surface area contributed by atoms with Gasteiger partial charge in [-0.1, -0.05) is 42.3 Å². The number of fused-ring (bicyclic) bond motifs is 3. The molecule has 0 saturated carbocycles. The first kappa shape index (κ1) is 15.9. The molecule has 3 rings (SSSR count). The van der Waals surface area contributed by atoms with Crippen LogP contribution in [0.4, 0.5) is 0 Å². The number of benzene rings is 2. The normalized spacial score (nSPS) is 10.8. The van der Waals surface area contributed by atoms with Crippen molar-refractivity contribution in [2.45, 2.75) is 13.3 Å². The van der Waals surface area contributed by atoms with E-state index < -0.39 is 0 Å². The maximum absolute atomic E-state index is 4.93. The van der Waals surface area contributed by atoms with Crippen molar-refractivity contribution in [1.82, 2.24) is 0 Å². The van der Waals surface area contributed by atoms with Crippen LogP contribution in [0.15, 0.2) is 60.7 Å². The van der Waals surface area contributed by atoms with E-state index in [1.54, 1.807) is 6.08 Å². The standard InChI is InChI=1S/C13H9.C5H7.Zr/c1-3-7-12-10(5-1)9-11-6-2-4-8-13(11)12;1-3-5-4-2;/h1-5,7-8H,9H2;1,3-5H,2H3;/q2*-1;+2. The minimum atomic E-state index is 0. The van der Waals surface area contributed by atoms with Crippen molar-refractivity contribution in [2.75, 3.05) is 0 Å². The molecule has 0 heterocycles. The molecule has 92 valence electrons. The van der Waals surface area contributed by atoms with Gasteiger partial charge in [-0.15, -0.1) is 5.56 Å². The monoisotopic (exact) mass is 322 g/mol. The summed E-state index contributed by atoms with van der Waals surface area (Å²) >= 11 is 0. The SMILES string of the molecule is [CH-]=CC=CC.[Zr+2].[c-]1cccc2c1Cc1ccccc1-2. The van der Waals surface area contributed by atoms with Gasteiger partial charge in [0, 0.05) is 0 Å². The Bertz CT molecular complexity index is 524. The van der Waals surface area contributed by atoms with Gasteiger partial charge in [-0.3, -0.25) is 6.58 Å². The molecule has 0 amide bonds. The van der Waals surface area contributed by atoms with Gasteiger partial charge in [-0.2, -0.15) is 35.9 Å². The Hall–Kier alpha value is -1.20. The fraction of sp³-hybridized carbons (Fsp3) is 0.111. The van der Waals surface area contributed by atoms with E-state index in [0.29, 0.717) is 0 Å². The van der Waals surface area contributed by atoms with E-state index >= 15 is 0 Å². The Labute approximate surface area is 135 Å². The Morgan fingerprint density at radius 1 is 1.11 bits per heavy atom. The Morgan fingerprint density at radius 3 is 2.53 bits per heavy atom. The van der Waals surface area contributed by atoms with Crippen LogP contribution in [0, 0.1) is 12.6 Å². The second-order valence-corrected chi connectivity index (χ2v) is 4.11. The third-order valence-corrected chi connectivity index (χ3v) is 2.92. The van der Waals surface area contributed by atoms with Crippen LogP contribution in [-0.4, -0.2) is 0 Å². The van der Waals surface area contributed by atoms with E-state index in [9.17, 15) is 0 Å². The topological polar surface area (TPSA) is 0 Å². The van der Waals surface area contributed by atoms with Gasteiger partial charge in [-0.05, 0) is 6.42 Å². The molecule has 0 aliphatic heterocycles. The molecule has 1 aliphatic rings. The first-order valence-corrected chi connectivity index (χ1v) is 6.11. The summed E-state index contributed by atoms with van der Waals surface area (Å²) < 4.78 is 0. The third kappa shape index (κ3) is 3.88. The summed E-state index contributed by atoms with van der Waals surface area (Å²) in [5.41, 5.74) is 5.51. The molecule has 1 aliphatic carbocycles. The quantitative estimate of drug-likeness (QED) is 0.453. The molecule has 0 bridgehead atoms. The zero-order valence-corrected chi connectivity index (χ0v) is 13.5. The summed E-state index contributed by atoms with van der Waals surface area (Å²) in [5, 5.41) is 0. The van der Waals surface area contributed by atoms with Crippen molar-refractivity contribution < 1.29 is 26.2 Å². The predicted molar refractivity (Wildman–Crippen MR) is 77.2 cm³/mol. The molecule has 0 atom stereocenters. The fourth-order valence-electron chi connectivity index (χ4n) is 2.11. The average molecular weight is 324 g/mol. The molecule has 0 saturated heterocycles. The molecule has 0 nitrogen and oxygen atoms in total. The van der Waals surface area contributed by atoms with E-state index in [0.717, 1.165) is 6.42 Å². The van der Waals surface area contributed by atoms with Crippen molar-refractivity contribution in [1.29, 1.82) is 0 Å². The predicted octanol–water partition coefficient (Wildman–Crippen LogP) is 4.61. The van der Waals surface area contributed by atoms with E-state index in [4.69, 9.17) is 6.58 Å². The van der Waals surface area contributed by atoms with Crippen LogP contribution in [-0.2, 0) is 32.6 Å². The largest absolute Gasteiger partial charge is 2.00 e. The van der Waals surface area contributed by atoms with Gasteiger partial charge in [0.2, 0.25) is 0 Å². The first-order valence-electron chi connectivity index (χ1n) is 6.11. The molecule has 0 unspecified atom stereocenters. The zero-order valence-electron chi connectivity index (χ0n) is 11.1. The van der Waals surface area contributed by atoms with E-state index in [2.05, 4.69) is 42.5 Å². The van der Waals surface area contributed by atoms with Gasteiger partial charge < -0.3 is 0 Å². The maximum Gasteiger partial charge on any atom is 2.00 e. The van der Waals surface area contributed by atoms with Gasteiger partial charge in [0.25, 0.3) is 0 Å². The van der Waals surface area contributed by atoms with Crippen LogP contribution in [0.3, 0.4) is 0 Å². The molecule has 0 fully saturated rings. The summed E-state index contributed by atoms with van der Waals surface area (Å²) in [6.07, 6.45) is 6.20. The van der Waals surface area contributed by atoms with Gasteiger partial charge >= 0.3 is 26.2 Å². The van der Waals surface area contributed by atoms with Gasteiger partial charge in [-0.25, -0.2) is 12.2 Å². The van der Waals surface area contributed by atoms with E-state index in [-0.39, 0.29) is 26.2 Å². The van der Waals surface area contributed by atoms with Crippen LogP contribution in [0.1, 0.15) is 18.1 Å². The summed E-state index contributed by atoms with van der Waals surface area (Å²) in [5.74, 6) is 0. The second kappa shape index (κ2) is 8.07. The van der Waals surface area contributed by atoms with E-state index in [1.807, 2.05) is 19.1 Å². The molecule has 0 N–H and O–H groups in total. The molecule has 0 aromatic heterocycles. The minimum Gasteiger partial charge on any atom is -0.293 e. The Kier molecular flexibility index (Phi) is 6.74. The average Bonchev–Trinajstić information content (AvgIpc) is 2.79. The summed E-state index contributed by atoms with van der Waals surface area (Å²) in [6, 6.07) is 18.1. The molecule has 2 aromatic carbocycles. The molecular formula is C18H16Zr. The molecule has 2 aromatic rings. The van der Waals surface area contributed by atoms with Crippen molar-refractivity contribution in [2.24, 2.45) is 0 Å². The van der Waals surface area contributed by atoms with Crippen LogP contribution < -0.4 is 0 Å². The fourth-order valence-corrected chi connectivity index (χ4v) is 2.11. The molecule has 0 spiro atoms. The molecule has 19 heavy (non-hydrogen) atoms. The molecule has 0 radical (unpaired) electrons. The van der Waals surface area contributed by atoms with E-state index in [1.165, 1.54) is 28.3 Å². The van der Waals surface area contributed by atoms with Crippen LogP contribution in [0.5, 0.6) is 0 Å². The van der Waals surface area contributed by atoms with Gasteiger partial charge in [0.15, 0.2) is 0 Å². The smallest absolute Gasteiger partial charge is 0.293 e. The Balaban J connectivity index is 0.000000265. The van der Waals surface area contributed by atoms with Crippen molar-refractivity contribution >= 4 is 0 Å². The third-order valence-electron chi connectivity index (χ3n) is 2.92. The summed E-state index contributed by atoms with van der Waals surface area (Å²) in [6.45, 7) is 6.85. The van der Waals surface area contributed by atoms with Crippen LogP contribution in [0.25, 0.3) is 11.1 Å². The first-order chi connectivity index (χ1) is 8.86. The minimum absolute atomic E-state index is 0. The maximum atomic E-state index is 4.93. The van der Waals surface area contributed by atoms with Crippen LogP contribution in [0.2, 0.25) is 0 Å². The molecular weight excluding hydrogens is 307 g/mol. The second-order valence-electron chi connectivity index (χ2n) is 4.11. The summed E-state index contributed by atoms with van der Waals surface area (Å²) in [4.78, 5) is 0.